The first-order valence-electron chi connectivity index (χ1n) is 7.88. The van der Waals surface area contributed by atoms with Crippen molar-refractivity contribution in [1.29, 1.82) is 0 Å². The molecule has 3 aromatic rings. The van der Waals surface area contributed by atoms with Crippen molar-refractivity contribution in [2.24, 2.45) is 0 Å². The number of benzene rings is 1. The highest BCUT2D eigenvalue weighted by molar-refractivity contribution is 6.31. The Morgan fingerprint density at radius 2 is 1.93 bits per heavy atom. The highest BCUT2D eigenvalue weighted by Crippen LogP contribution is 2.34. The fourth-order valence-electron chi connectivity index (χ4n) is 2.53. The van der Waals surface area contributed by atoms with Gasteiger partial charge >= 0.3 is 0 Å². The van der Waals surface area contributed by atoms with Gasteiger partial charge in [-0.15, -0.1) is 0 Å². The number of carbonyl (C=O) groups excluding carboxylic acids is 1. The quantitative estimate of drug-likeness (QED) is 0.509. The first-order chi connectivity index (χ1) is 12.9. The van der Waals surface area contributed by atoms with E-state index in [1.807, 2.05) is 0 Å². The Morgan fingerprint density at radius 1 is 1.19 bits per heavy atom. The molecule has 0 fully saturated rings. The zero-order chi connectivity index (χ0) is 19.6. The molecule has 2 aromatic heterocycles. The topological polar surface area (TPSA) is 78.1 Å². The number of aldehydes is 1. The van der Waals surface area contributed by atoms with E-state index in [1.54, 1.807) is 18.2 Å². The normalized spacial score (nSPS) is 11.9. The predicted octanol–water partition coefficient (Wildman–Crippen LogP) is 4.61. The van der Waals surface area contributed by atoms with E-state index in [0.29, 0.717) is 23.1 Å². The summed E-state index contributed by atoms with van der Waals surface area (Å²) in [5, 5.41) is -0.356. The Bertz CT molecular complexity index is 1010. The largest absolute Gasteiger partial charge is 0.482 e. The van der Waals surface area contributed by atoms with Gasteiger partial charge in [-0.05, 0) is 37.3 Å². The van der Waals surface area contributed by atoms with Crippen LogP contribution >= 0.6 is 11.6 Å². The van der Waals surface area contributed by atoms with Crippen LogP contribution in [-0.4, -0.2) is 16.3 Å². The van der Waals surface area contributed by atoms with Crippen LogP contribution in [0.5, 0.6) is 5.75 Å². The van der Waals surface area contributed by atoms with Crippen LogP contribution in [0.2, 0.25) is 5.02 Å². The summed E-state index contributed by atoms with van der Waals surface area (Å²) in [4.78, 5) is 19.2. The zero-order valence-corrected chi connectivity index (χ0v) is 14.9. The van der Waals surface area contributed by atoms with Crippen molar-refractivity contribution < 1.29 is 18.3 Å². The van der Waals surface area contributed by atoms with Gasteiger partial charge in [-0.2, -0.15) is 0 Å². The van der Waals surface area contributed by atoms with E-state index < -0.39 is 17.7 Å². The average Bonchev–Trinajstić information content (AvgIpc) is 2.67. The van der Waals surface area contributed by atoms with Gasteiger partial charge in [-0.1, -0.05) is 11.6 Å². The first-order valence-corrected chi connectivity index (χ1v) is 8.25. The zero-order valence-electron chi connectivity index (χ0n) is 14.1. The number of nitrogens with zero attached hydrogens (tertiary/aromatic N) is 2. The van der Waals surface area contributed by atoms with E-state index >= 15 is 0 Å². The van der Waals surface area contributed by atoms with Gasteiger partial charge in [0.05, 0.1) is 10.7 Å². The Balaban J connectivity index is 1.96. The van der Waals surface area contributed by atoms with Crippen molar-refractivity contribution in [3.05, 3.63) is 70.5 Å². The molecule has 138 valence electrons. The molecular weight excluding hydrogens is 376 g/mol. The molecule has 0 radical (unpaired) electrons. The van der Waals surface area contributed by atoms with Crippen molar-refractivity contribution in [2.45, 2.75) is 13.0 Å². The molecule has 3 rings (SSSR count). The molecule has 1 atom stereocenters. The molecule has 8 heteroatoms. The number of pyridine rings is 2. The Hall–Kier alpha value is -3.06. The van der Waals surface area contributed by atoms with Crippen molar-refractivity contribution in [1.82, 2.24) is 9.97 Å². The number of hydrogen-bond donors (Lipinski definition) is 1. The highest BCUT2D eigenvalue weighted by atomic mass is 35.5. The van der Waals surface area contributed by atoms with Gasteiger partial charge in [0, 0.05) is 29.1 Å². The predicted molar refractivity (Wildman–Crippen MR) is 97.7 cm³/mol. The molecule has 1 aromatic carbocycles. The molecule has 1 unspecified atom stereocenters. The maximum Gasteiger partial charge on any atom is 0.166 e. The number of anilines is 1. The Kier molecular flexibility index (Phi) is 5.32. The lowest BCUT2D eigenvalue weighted by Crippen LogP contribution is -2.09. The molecule has 0 amide bonds. The van der Waals surface area contributed by atoms with Crippen molar-refractivity contribution in [3.63, 3.8) is 0 Å². The van der Waals surface area contributed by atoms with E-state index in [-0.39, 0.29) is 22.2 Å². The van der Waals surface area contributed by atoms with Crippen LogP contribution in [-0.2, 0) is 0 Å². The van der Waals surface area contributed by atoms with Gasteiger partial charge in [0.2, 0.25) is 0 Å². The smallest absolute Gasteiger partial charge is 0.166 e. The molecule has 5 nitrogen and oxygen atoms in total. The molecule has 0 aliphatic rings. The number of aromatic nitrogens is 2. The van der Waals surface area contributed by atoms with Gasteiger partial charge in [0.1, 0.15) is 24.0 Å². The van der Waals surface area contributed by atoms with E-state index in [4.69, 9.17) is 22.1 Å². The molecule has 0 spiro atoms. The average molecular weight is 390 g/mol. The molecular formula is C19H14ClF2N3O2. The van der Waals surface area contributed by atoms with Crippen molar-refractivity contribution in [2.75, 3.05) is 5.73 Å². The summed E-state index contributed by atoms with van der Waals surface area (Å²) in [6, 6.07) is 6.62. The summed E-state index contributed by atoms with van der Waals surface area (Å²) in [5.74, 6) is -1.24. The second kappa shape index (κ2) is 7.67. The third kappa shape index (κ3) is 3.88. The fraction of sp³-hybridized carbons (Fsp3) is 0.105. The van der Waals surface area contributed by atoms with Gasteiger partial charge in [-0.3, -0.25) is 9.78 Å². The van der Waals surface area contributed by atoms with Crippen LogP contribution in [0.15, 0.2) is 42.7 Å². The van der Waals surface area contributed by atoms with E-state index in [9.17, 15) is 13.6 Å². The van der Waals surface area contributed by atoms with Crippen LogP contribution in [0.25, 0.3) is 11.3 Å². The molecule has 0 aliphatic heterocycles. The monoisotopic (exact) mass is 389 g/mol. The molecule has 2 N–H and O–H groups in total. The van der Waals surface area contributed by atoms with Crippen LogP contribution in [0.4, 0.5) is 14.6 Å². The number of rotatable bonds is 5. The number of hydrogen-bond acceptors (Lipinski definition) is 5. The molecule has 0 saturated carbocycles. The molecule has 0 bridgehead atoms. The van der Waals surface area contributed by atoms with Crippen LogP contribution in [0, 0.1) is 11.6 Å². The lowest BCUT2D eigenvalue weighted by molar-refractivity contribution is 0.112. The maximum atomic E-state index is 14.1. The van der Waals surface area contributed by atoms with Crippen molar-refractivity contribution in [3.8, 4) is 17.0 Å². The minimum absolute atomic E-state index is 0.0603. The summed E-state index contributed by atoms with van der Waals surface area (Å²) in [7, 11) is 0. The van der Waals surface area contributed by atoms with Gasteiger partial charge < -0.3 is 10.5 Å². The first kappa shape index (κ1) is 18.7. The van der Waals surface area contributed by atoms with Gasteiger partial charge in [-0.25, -0.2) is 13.8 Å². The summed E-state index contributed by atoms with van der Waals surface area (Å²) in [6.45, 7) is 1.51. The minimum Gasteiger partial charge on any atom is -0.482 e. The SMILES string of the molecule is CC(Oc1cc(-c2cc(C=O)ccn2)cnc1N)c1c(F)ccc(F)c1Cl. The summed E-state index contributed by atoms with van der Waals surface area (Å²) < 4.78 is 33.4. The van der Waals surface area contributed by atoms with E-state index in [1.165, 1.54) is 19.3 Å². The standard InChI is InChI=1S/C19H14ClF2N3O2/c1-10(17-13(21)2-3-14(22)18(17)20)27-16-7-12(8-25-19(16)23)15-6-11(9-26)4-5-24-15/h2-10H,1H3,(H2,23,25). The Labute approximate surface area is 158 Å². The highest BCUT2D eigenvalue weighted by Gasteiger charge is 2.21. The van der Waals surface area contributed by atoms with Crippen LogP contribution in [0.1, 0.15) is 28.9 Å². The van der Waals surface area contributed by atoms with E-state index in [0.717, 1.165) is 12.1 Å². The fourth-order valence-corrected chi connectivity index (χ4v) is 2.84. The molecule has 27 heavy (non-hydrogen) atoms. The summed E-state index contributed by atoms with van der Waals surface area (Å²) in [6.07, 6.45) is 2.73. The van der Waals surface area contributed by atoms with Gasteiger partial charge in [0.25, 0.3) is 0 Å². The van der Waals surface area contributed by atoms with E-state index in [2.05, 4.69) is 9.97 Å². The molecule has 0 saturated heterocycles. The van der Waals surface area contributed by atoms with Crippen LogP contribution < -0.4 is 10.5 Å². The van der Waals surface area contributed by atoms with Crippen molar-refractivity contribution >= 4 is 23.7 Å². The number of halogens is 3. The third-order valence-electron chi connectivity index (χ3n) is 3.89. The lowest BCUT2D eigenvalue weighted by Gasteiger charge is -2.18. The number of ether oxygens (including phenoxy) is 1. The number of nitrogen functional groups attached to an aromatic ring is 1. The minimum atomic E-state index is -0.929. The second-order valence-corrected chi connectivity index (χ2v) is 6.09. The van der Waals surface area contributed by atoms with Gasteiger partial charge in [0.15, 0.2) is 11.6 Å². The maximum absolute atomic E-state index is 14.1. The lowest BCUT2D eigenvalue weighted by atomic mass is 10.1. The second-order valence-electron chi connectivity index (χ2n) is 5.72. The number of nitrogens with two attached hydrogens (primary N) is 1. The number of carbonyl (C=O) groups is 1. The Morgan fingerprint density at radius 3 is 2.67 bits per heavy atom. The third-order valence-corrected chi connectivity index (χ3v) is 4.27. The summed E-state index contributed by atoms with van der Waals surface area (Å²) >= 11 is 5.87. The van der Waals surface area contributed by atoms with Crippen LogP contribution in [0.3, 0.4) is 0 Å². The summed E-state index contributed by atoms with van der Waals surface area (Å²) in [5.41, 5.74) is 7.19. The molecule has 2 heterocycles. The molecule has 0 aliphatic carbocycles.